The van der Waals surface area contributed by atoms with Gasteiger partial charge in [0.25, 0.3) is 0 Å². The number of ether oxygens (including phenoxy) is 1. The molecule has 0 radical (unpaired) electrons. The molecule has 6 nitrogen and oxygen atoms in total. The Kier molecular flexibility index (Phi) is 5.85. The number of aliphatic hydroxyl groups excluding tert-OH is 1. The van der Waals surface area contributed by atoms with Gasteiger partial charge in [0, 0.05) is 25.2 Å². The quantitative estimate of drug-likeness (QED) is 0.892. The van der Waals surface area contributed by atoms with Crippen LogP contribution in [-0.2, 0) is 9.53 Å². The first-order valence-electron chi connectivity index (χ1n) is 8.34. The van der Waals surface area contributed by atoms with Crippen molar-refractivity contribution in [3.8, 4) is 0 Å². The summed E-state index contributed by atoms with van der Waals surface area (Å²) in [6, 6.07) is 9.53. The maximum absolute atomic E-state index is 12.6. The molecule has 1 heterocycles. The van der Waals surface area contributed by atoms with Crippen molar-refractivity contribution < 1.29 is 19.4 Å². The molecule has 1 aliphatic heterocycles. The molecule has 6 heteroatoms. The van der Waals surface area contributed by atoms with Crippen LogP contribution < -0.4 is 0 Å². The second-order valence-corrected chi connectivity index (χ2v) is 7.17. The van der Waals surface area contributed by atoms with E-state index in [0.717, 1.165) is 11.3 Å². The monoisotopic (exact) mass is 346 g/mol. The Labute approximate surface area is 148 Å². The number of nitrogens with zero attached hydrogens (tertiary/aromatic N) is 2. The molecule has 1 unspecified atom stereocenters. The van der Waals surface area contributed by atoms with Crippen molar-refractivity contribution in [1.29, 1.82) is 0 Å². The van der Waals surface area contributed by atoms with Crippen LogP contribution in [0.15, 0.2) is 36.4 Å². The molecular formula is C19H26N2O4. The topological polar surface area (TPSA) is 70.1 Å². The predicted octanol–water partition coefficient (Wildman–Crippen LogP) is 2.35. The van der Waals surface area contributed by atoms with Crippen molar-refractivity contribution in [3.63, 3.8) is 0 Å². The average Bonchev–Trinajstić information content (AvgIpc) is 2.54. The van der Waals surface area contributed by atoms with Crippen molar-refractivity contribution in [2.75, 3.05) is 26.7 Å². The first-order valence-corrected chi connectivity index (χ1v) is 8.34. The zero-order chi connectivity index (χ0) is 18.6. The molecule has 0 spiro atoms. The van der Waals surface area contributed by atoms with Gasteiger partial charge in [0.2, 0.25) is 5.91 Å². The molecule has 136 valence electrons. The fourth-order valence-electron chi connectivity index (χ4n) is 2.61. The van der Waals surface area contributed by atoms with Gasteiger partial charge < -0.3 is 14.7 Å². The molecule has 0 aliphatic carbocycles. The Morgan fingerprint density at radius 1 is 1.28 bits per heavy atom. The normalized spacial score (nSPS) is 21.2. The van der Waals surface area contributed by atoms with Gasteiger partial charge in [-0.25, -0.2) is 4.79 Å². The molecule has 25 heavy (non-hydrogen) atoms. The second-order valence-electron chi connectivity index (χ2n) is 7.17. The van der Waals surface area contributed by atoms with Crippen molar-refractivity contribution >= 4 is 17.7 Å². The van der Waals surface area contributed by atoms with Crippen LogP contribution in [0.1, 0.15) is 26.3 Å². The minimum absolute atomic E-state index is 0.0912. The number of hydrogen-bond acceptors (Lipinski definition) is 4. The summed E-state index contributed by atoms with van der Waals surface area (Å²) in [5.41, 5.74) is 0.977. The average molecular weight is 346 g/mol. The summed E-state index contributed by atoms with van der Waals surface area (Å²) in [6.07, 6.45) is 1.29. The summed E-state index contributed by atoms with van der Waals surface area (Å²) in [6.45, 7) is 5.34. The van der Waals surface area contributed by atoms with Gasteiger partial charge in [-0.05, 0) is 26.3 Å². The zero-order valence-electron chi connectivity index (χ0n) is 15.2. The number of carbonyl (C=O) groups is 2. The number of amides is 2. The van der Waals surface area contributed by atoms with Gasteiger partial charge in [0.05, 0.1) is 6.61 Å². The van der Waals surface area contributed by atoms with E-state index in [1.807, 2.05) is 36.4 Å². The van der Waals surface area contributed by atoms with Gasteiger partial charge in [0.15, 0.2) is 0 Å². The summed E-state index contributed by atoms with van der Waals surface area (Å²) >= 11 is 0. The summed E-state index contributed by atoms with van der Waals surface area (Å²) in [5.74, 6) is -0.504. The predicted molar refractivity (Wildman–Crippen MR) is 95.6 cm³/mol. The van der Waals surface area contributed by atoms with Crippen LogP contribution in [-0.4, -0.2) is 59.3 Å². The van der Waals surface area contributed by atoms with Gasteiger partial charge in [-0.1, -0.05) is 36.4 Å². The Morgan fingerprint density at radius 3 is 2.48 bits per heavy atom. The summed E-state index contributed by atoms with van der Waals surface area (Å²) in [4.78, 5) is 27.8. The van der Waals surface area contributed by atoms with Crippen LogP contribution in [0.3, 0.4) is 0 Å². The lowest BCUT2D eigenvalue weighted by Gasteiger charge is -2.33. The van der Waals surface area contributed by atoms with E-state index < -0.39 is 11.7 Å². The highest BCUT2D eigenvalue weighted by molar-refractivity contribution is 5.90. The fourth-order valence-corrected chi connectivity index (χ4v) is 2.61. The lowest BCUT2D eigenvalue weighted by Crippen LogP contribution is -2.47. The third-order valence-electron chi connectivity index (χ3n) is 3.87. The van der Waals surface area contributed by atoms with E-state index >= 15 is 0 Å². The molecule has 1 N–H and O–H groups in total. The maximum Gasteiger partial charge on any atom is 0.410 e. The Hall–Kier alpha value is -2.34. The summed E-state index contributed by atoms with van der Waals surface area (Å²) in [5, 5.41) is 9.73. The fraction of sp³-hybridized carbons (Fsp3) is 0.474. The lowest BCUT2D eigenvalue weighted by atomic mass is 10.0. The van der Waals surface area contributed by atoms with E-state index in [4.69, 9.17) is 4.74 Å². The molecule has 1 aromatic carbocycles. The molecule has 2 rings (SSSR count). The minimum Gasteiger partial charge on any atom is -0.444 e. The van der Waals surface area contributed by atoms with Crippen molar-refractivity contribution in [2.45, 2.75) is 26.4 Å². The molecule has 0 saturated heterocycles. The van der Waals surface area contributed by atoms with E-state index in [0.29, 0.717) is 0 Å². The van der Waals surface area contributed by atoms with Crippen molar-refractivity contribution in [1.82, 2.24) is 9.80 Å². The third-order valence-corrected chi connectivity index (χ3v) is 3.87. The molecule has 1 atom stereocenters. The number of carbonyl (C=O) groups excluding carboxylic acids is 2. The van der Waals surface area contributed by atoms with Crippen molar-refractivity contribution in [3.05, 3.63) is 42.0 Å². The standard InChI is InChI=1S/C19H26N2O4/c1-19(2,3)25-18(24)21-11-14(13-22)10-16(20(4)17(23)12-21)15-8-6-5-7-9-15/h5-10,14,22H,11-13H2,1-4H3/b16-10-. The zero-order valence-corrected chi connectivity index (χ0v) is 15.2. The highest BCUT2D eigenvalue weighted by Gasteiger charge is 2.30. The van der Waals surface area contributed by atoms with Gasteiger partial charge in [-0.3, -0.25) is 9.69 Å². The number of likely N-dealkylation sites (N-methyl/N-ethyl adjacent to an activating group) is 1. The van der Waals surface area contributed by atoms with Crippen LogP contribution in [0.5, 0.6) is 0 Å². The van der Waals surface area contributed by atoms with E-state index in [-0.39, 0.29) is 31.5 Å². The molecule has 0 aromatic heterocycles. The maximum atomic E-state index is 12.6. The van der Waals surface area contributed by atoms with Crippen LogP contribution >= 0.6 is 0 Å². The number of hydrogen-bond donors (Lipinski definition) is 1. The molecule has 0 saturated carbocycles. The van der Waals surface area contributed by atoms with E-state index in [1.165, 1.54) is 9.80 Å². The number of rotatable bonds is 2. The van der Waals surface area contributed by atoms with Crippen LogP contribution in [0.2, 0.25) is 0 Å². The van der Waals surface area contributed by atoms with Gasteiger partial charge in [0.1, 0.15) is 12.1 Å². The highest BCUT2D eigenvalue weighted by Crippen LogP contribution is 2.23. The summed E-state index contributed by atoms with van der Waals surface area (Å²) < 4.78 is 5.38. The van der Waals surface area contributed by atoms with E-state index in [1.54, 1.807) is 27.8 Å². The van der Waals surface area contributed by atoms with Gasteiger partial charge in [-0.15, -0.1) is 0 Å². The van der Waals surface area contributed by atoms with Crippen LogP contribution in [0.25, 0.3) is 5.70 Å². The first-order chi connectivity index (χ1) is 11.7. The van der Waals surface area contributed by atoms with Crippen LogP contribution in [0.4, 0.5) is 4.79 Å². The first kappa shape index (κ1) is 19.0. The summed E-state index contributed by atoms with van der Waals surface area (Å²) in [7, 11) is 1.67. The molecule has 0 bridgehead atoms. The lowest BCUT2D eigenvalue weighted by molar-refractivity contribution is -0.128. The molecule has 2 amide bonds. The second kappa shape index (κ2) is 7.70. The third kappa shape index (κ3) is 5.06. The molecule has 1 aromatic rings. The Morgan fingerprint density at radius 2 is 1.92 bits per heavy atom. The van der Waals surface area contributed by atoms with Gasteiger partial charge >= 0.3 is 6.09 Å². The SMILES string of the molecule is CN1C(=O)CN(C(=O)OC(C)(C)C)CC(CO)/C=C\1c1ccccc1. The smallest absolute Gasteiger partial charge is 0.410 e. The highest BCUT2D eigenvalue weighted by atomic mass is 16.6. The number of benzene rings is 1. The van der Waals surface area contributed by atoms with E-state index in [2.05, 4.69) is 0 Å². The Balaban J connectivity index is 2.32. The largest absolute Gasteiger partial charge is 0.444 e. The van der Waals surface area contributed by atoms with Crippen LogP contribution in [0, 0.1) is 5.92 Å². The minimum atomic E-state index is -0.645. The molecule has 0 fully saturated rings. The molecular weight excluding hydrogens is 320 g/mol. The van der Waals surface area contributed by atoms with Gasteiger partial charge in [-0.2, -0.15) is 0 Å². The van der Waals surface area contributed by atoms with E-state index in [9.17, 15) is 14.7 Å². The Bertz CT molecular complexity index is 649. The number of aliphatic hydroxyl groups is 1. The molecule has 1 aliphatic rings. The van der Waals surface area contributed by atoms with Crippen molar-refractivity contribution in [2.24, 2.45) is 5.92 Å².